The summed E-state index contributed by atoms with van der Waals surface area (Å²) in [6.45, 7) is 9.92. The highest BCUT2D eigenvalue weighted by atomic mass is 32.1. The van der Waals surface area contributed by atoms with Crippen LogP contribution < -0.4 is 10.9 Å². The largest absolute Gasteiger partial charge is 0.348 e. The summed E-state index contributed by atoms with van der Waals surface area (Å²) in [5, 5.41) is 3.66. The summed E-state index contributed by atoms with van der Waals surface area (Å²) in [5.41, 5.74) is 0.409. The van der Waals surface area contributed by atoms with Crippen molar-refractivity contribution in [1.82, 2.24) is 19.8 Å². The topological polar surface area (TPSA) is 84.3 Å². The number of aryl methyl sites for hydroxylation is 1. The van der Waals surface area contributed by atoms with E-state index in [1.54, 1.807) is 0 Å². The van der Waals surface area contributed by atoms with Gasteiger partial charge in [0, 0.05) is 19.1 Å². The van der Waals surface area contributed by atoms with Crippen LogP contribution in [0.15, 0.2) is 11.1 Å². The molecular formula is C24H34N4O3S. The van der Waals surface area contributed by atoms with Crippen molar-refractivity contribution in [2.45, 2.75) is 72.4 Å². The second-order valence-corrected chi connectivity index (χ2v) is 10.8. The van der Waals surface area contributed by atoms with Crippen molar-refractivity contribution in [2.75, 3.05) is 13.1 Å². The van der Waals surface area contributed by atoms with Gasteiger partial charge in [-0.05, 0) is 49.5 Å². The maximum absolute atomic E-state index is 13.2. The summed E-state index contributed by atoms with van der Waals surface area (Å²) in [5.74, 6) is 1.48. The Morgan fingerprint density at radius 3 is 2.59 bits per heavy atom. The van der Waals surface area contributed by atoms with E-state index in [1.165, 1.54) is 28.7 Å². The Labute approximate surface area is 193 Å². The van der Waals surface area contributed by atoms with Gasteiger partial charge in [0.1, 0.15) is 11.4 Å². The third kappa shape index (κ3) is 4.47. The Kier molecular flexibility index (Phi) is 6.70. The molecule has 2 amide bonds. The van der Waals surface area contributed by atoms with E-state index in [0.29, 0.717) is 38.4 Å². The number of hydrogen-bond acceptors (Lipinski definition) is 5. The summed E-state index contributed by atoms with van der Waals surface area (Å²) in [7, 11) is 0. The second kappa shape index (κ2) is 9.33. The first kappa shape index (κ1) is 23.0. The Bertz CT molecular complexity index is 1070. The highest BCUT2D eigenvalue weighted by Crippen LogP contribution is 2.31. The lowest BCUT2D eigenvalue weighted by Gasteiger charge is -2.34. The molecule has 1 aliphatic carbocycles. The van der Waals surface area contributed by atoms with E-state index in [0.717, 1.165) is 38.8 Å². The number of aromatic nitrogens is 2. The predicted octanol–water partition coefficient (Wildman–Crippen LogP) is 3.58. The maximum atomic E-state index is 13.2. The first-order chi connectivity index (χ1) is 15.3. The fraction of sp³-hybridized carbons (Fsp3) is 0.667. The fourth-order valence-electron chi connectivity index (χ4n) is 5.01. The molecule has 1 saturated heterocycles. The van der Waals surface area contributed by atoms with Crippen molar-refractivity contribution < 1.29 is 9.59 Å². The minimum absolute atomic E-state index is 0.00948. The third-order valence-electron chi connectivity index (χ3n) is 7.59. The Hall–Kier alpha value is -2.22. The molecule has 1 N–H and O–H groups in total. The zero-order valence-corrected chi connectivity index (χ0v) is 20.3. The first-order valence-electron chi connectivity index (χ1n) is 11.8. The van der Waals surface area contributed by atoms with Crippen LogP contribution in [-0.4, -0.2) is 45.4 Å². The minimum atomic E-state index is -0.249. The van der Waals surface area contributed by atoms with Crippen LogP contribution in [0.5, 0.6) is 0 Å². The molecule has 0 aromatic carbocycles. The average molecular weight is 459 g/mol. The van der Waals surface area contributed by atoms with E-state index < -0.39 is 0 Å². The molecule has 1 aliphatic heterocycles. The lowest BCUT2D eigenvalue weighted by Crippen LogP contribution is -2.43. The fourth-order valence-corrected chi connectivity index (χ4v) is 6.05. The summed E-state index contributed by atoms with van der Waals surface area (Å²) < 4.78 is 1.38. The lowest BCUT2D eigenvalue weighted by atomic mass is 9.78. The Morgan fingerprint density at radius 2 is 1.88 bits per heavy atom. The van der Waals surface area contributed by atoms with Gasteiger partial charge in [0.2, 0.25) is 5.91 Å². The van der Waals surface area contributed by atoms with E-state index in [2.05, 4.69) is 31.1 Å². The van der Waals surface area contributed by atoms with E-state index in [-0.39, 0.29) is 30.0 Å². The van der Waals surface area contributed by atoms with Crippen molar-refractivity contribution in [1.29, 1.82) is 0 Å². The van der Waals surface area contributed by atoms with Crippen molar-refractivity contribution in [2.24, 2.45) is 17.8 Å². The van der Waals surface area contributed by atoms with Crippen molar-refractivity contribution in [3.8, 4) is 0 Å². The van der Waals surface area contributed by atoms with Crippen LogP contribution in [0.25, 0.3) is 10.2 Å². The summed E-state index contributed by atoms with van der Waals surface area (Å²) in [6.07, 6.45) is 6.75. The molecule has 2 aromatic heterocycles. The van der Waals surface area contributed by atoms with Crippen molar-refractivity contribution in [3.05, 3.63) is 27.1 Å². The summed E-state index contributed by atoms with van der Waals surface area (Å²) in [4.78, 5) is 46.3. The molecule has 7 nitrogen and oxygen atoms in total. The molecule has 2 aromatic rings. The molecule has 3 atom stereocenters. The van der Waals surface area contributed by atoms with Gasteiger partial charge >= 0.3 is 0 Å². The van der Waals surface area contributed by atoms with Crippen molar-refractivity contribution in [3.63, 3.8) is 0 Å². The van der Waals surface area contributed by atoms with Gasteiger partial charge in [0.15, 0.2) is 0 Å². The maximum Gasteiger partial charge on any atom is 0.262 e. The molecule has 174 valence electrons. The number of nitrogens with zero attached hydrogens (tertiary/aromatic N) is 3. The standard InChI is InChI=1S/C24H34N4O3S/c1-14-8-10-27(11-9-14)19(29)12-28-13-25-23-20(24(28)31)17(4)21(32-23)22(30)26-18-7-5-6-15(2)16(18)3/h13-16,18H,5-12H2,1-4H3,(H,26,30). The highest BCUT2D eigenvalue weighted by Gasteiger charge is 2.30. The van der Waals surface area contributed by atoms with E-state index in [4.69, 9.17) is 0 Å². The summed E-state index contributed by atoms with van der Waals surface area (Å²) >= 11 is 1.26. The van der Waals surface area contributed by atoms with Gasteiger partial charge in [-0.1, -0.05) is 33.6 Å². The molecule has 0 radical (unpaired) electrons. The minimum Gasteiger partial charge on any atom is -0.348 e. The quantitative estimate of drug-likeness (QED) is 0.759. The SMILES string of the molecule is Cc1c(C(=O)NC2CCCC(C)C2C)sc2ncn(CC(=O)N3CCC(C)CC3)c(=O)c12. The molecule has 32 heavy (non-hydrogen) atoms. The van der Waals surface area contributed by atoms with Gasteiger partial charge in [-0.3, -0.25) is 19.0 Å². The zero-order chi connectivity index (χ0) is 23.0. The van der Waals surface area contributed by atoms with Crippen LogP contribution in [0.1, 0.15) is 68.1 Å². The van der Waals surface area contributed by atoms with Gasteiger partial charge < -0.3 is 10.2 Å². The number of rotatable bonds is 4. The van der Waals surface area contributed by atoms with E-state index in [9.17, 15) is 14.4 Å². The molecule has 2 fully saturated rings. The molecule has 4 rings (SSSR count). The van der Waals surface area contributed by atoms with Crippen LogP contribution in [0, 0.1) is 24.7 Å². The third-order valence-corrected chi connectivity index (χ3v) is 8.79. The van der Waals surface area contributed by atoms with Gasteiger partial charge in [0.25, 0.3) is 11.5 Å². The van der Waals surface area contributed by atoms with Crippen LogP contribution in [-0.2, 0) is 11.3 Å². The molecular weight excluding hydrogens is 424 g/mol. The van der Waals surface area contributed by atoms with Crippen LogP contribution in [0.3, 0.4) is 0 Å². The number of amides is 2. The number of piperidine rings is 1. The molecule has 1 saturated carbocycles. The van der Waals surface area contributed by atoms with Gasteiger partial charge in [-0.2, -0.15) is 0 Å². The first-order valence-corrected chi connectivity index (χ1v) is 12.6. The van der Waals surface area contributed by atoms with Crippen LogP contribution in [0.2, 0.25) is 0 Å². The number of hydrogen-bond donors (Lipinski definition) is 1. The number of carbonyl (C=O) groups excluding carboxylic acids is 2. The number of fused-ring (bicyclic) bond motifs is 1. The van der Waals surface area contributed by atoms with E-state index >= 15 is 0 Å². The van der Waals surface area contributed by atoms with Crippen LogP contribution in [0.4, 0.5) is 0 Å². The van der Waals surface area contributed by atoms with Gasteiger partial charge in [-0.15, -0.1) is 11.3 Å². The smallest absolute Gasteiger partial charge is 0.262 e. The molecule has 0 spiro atoms. The highest BCUT2D eigenvalue weighted by molar-refractivity contribution is 7.20. The lowest BCUT2D eigenvalue weighted by molar-refractivity contribution is -0.133. The molecule has 0 bridgehead atoms. The Balaban J connectivity index is 1.53. The van der Waals surface area contributed by atoms with Crippen molar-refractivity contribution >= 4 is 33.4 Å². The molecule has 8 heteroatoms. The van der Waals surface area contributed by atoms with Crippen LogP contribution >= 0.6 is 11.3 Å². The second-order valence-electron chi connectivity index (χ2n) is 9.82. The number of carbonyl (C=O) groups is 2. The molecule has 2 aliphatic rings. The number of thiophene rings is 1. The molecule has 3 unspecified atom stereocenters. The number of likely N-dealkylation sites (tertiary alicyclic amines) is 1. The number of nitrogens with one attached hydrogen (secondary N) is 1. The van der Waals surface area contributed by atoms with Gasteiger partial charge in [0.05, 0.1) is 16.6 Å². The average Bonchev–Trinajstić information content (AvgIpc) is 3.11. The summed E-state index contributed by atoms with van der Waals surface area (Å²) in [6, 6.07) is 0.158. The zero-order valence-electron chi connectivity index (χ0n) is 19.5. The van der Waals surface area contributed by atoms with Gasteiger partial charge in [-0.25, -0.2) is 4.98 Å². The monoisotopic (exact) mass is 458 g/mol. The molecule has 3 heterocycles. The Morgan fingerprint density at radius 1 is 1.16 bits per heavy atom. The normalized spacial score (nSPS) is 24.6. The predicted molar refractivity (Wildman–Crippen MR) is 127 cm³/mol. The van der Waals surface area contributed by atoms with E-state index in [1.807, 2.05) is 11.8 Å².